The van der Waals surface area contributed by atoms with Gasteiger partial charge in [-0.25, -0.2) is 0 Å². The van der Waals surface area contributed by atoms with Crippen LogP contribution in [0, 0.1) is 0 Å². The fraction of sp³-hybridized carbons (Fsp3) is 0.350. The summed E-state index contributed by atoms with van der Waals surface area (Å²) in [6.45, 7) is 1.67. The zero-order valence-corrected chi connectivity index (χ0v) is 14.9. The molecular weight excluding hydrogens is 296 g/mol. The molecule has 2 aromatic rings. The van der Waals surface area contributed by atoms with E-state index < -0.39 is 0 Å². The monoisotopic (exact) mass is 324 g/mol. The van der Waals surface area contributed by atoms with Gasteiger partial charge in [-0.15, -0.1) is 0 Å². The van der Waals surface area contributed by atoms with Gasteiger partial charge in [0.1, 0.15) is 0 Å². The average molecular weight is 324 g/mol. The maximum atomic E-state index is 4.29. The lowest BCUT2D eigenvalue weighted by Gasteiger charge is -2.15. The van der Waals surface area contributed by atoms with E-state index in [4.69, 9.17) is 0 Å². The molecule has 4 heteroatoms. The molecule has 0 unspecified atom stereocenters. The first kappa shape index (κ1) is 17.9. The van der Waals surface area contributed by atoms with Crippen LogP contribution in [0.15, 0.2) is 59.6 Å². The van der Waals surface area contributed by atoms with Crippen LogP contribution in [-0.2, 0) is 13.0 Å². The number of nitrogens with zero attached hydrogens (tertiary/aromatic N) is 2. The zero-order chi connectivity index (χ0) is 17.2. The molecule has 0 saturated carbocycles. The molecule has 0 aliphatic heterocycles. The molecular formula is C20H28N4. The Bertz CT molecular complexity index is 635. The van der Waals surface area contributed by atoms with Crippen molar-refractivity contribution in [2.45, 2.75) is 19.4 Å². The Balaban J connectivity index is 1.73. The summed E-state index contributed by atoms with van der Waals surface area (Å²) >= 11 is 0. The minimum Gasteiger partial charge on any atom is -0.378 e. The third-order valence-electron chi connectivity index (χ3n) is 3.89. The lowest BCUT2D eigenvalue weighted by atomic mass is 10.1. The molecule has 0 saturated heterocycles. The van der Waals surface area contributed by atoms with E-state index in [1.54, 1.807) is 0 Å². The summed E-state index contributed by atoms with van der Waals surface area (Å²) in [6.07, 6.45) is 2.16. The summed E-state index contributed by atoms with van der Waals surface area (Å²) in [5, 5.41) is 6.75. The molecule has 0 heterocycles. The topological polar surface area (TPSA) is 39.7 Å². The Morgan fingerprint density at radius 3 is 2.42 bits per heavy atom. The molecule has 0 atom stereocenters. The van der Waals surface area contributed by atoms with Gasteiger partial charge < -0.3 is 15.5 Å². The summed E-state index contributed by atoms with van der Waals surface area (Å²) in [6, 6.07) is 19.1. The molecule has 2 N–H and O–H groups in total. The van der Waals surface area contributed by atoms with Crippen LogP contribution in [-0.4, -0.2) is 33.6 Å². The molecule has 2 rings (SSSR count). The van der Waals surface area contributed by atoms with Crippen molar-refractivity contribution in [1.29, 1.82) is 0 Å². The standard InChI is InChI=1S/C20H28N4/c1-21-20(22-14-8-12-17-9-5-4-6-10-17)23-16-18-11-7-13-19(15-18)24(2)3/h4-7,9-11,13,15H,8,12,14,16H2,1-3H3,(H2,21,22,23). The second-order valence-electron chi connectivity index (χ2n) is 6.01. The highest BCUT2D eigenvalue weighted by atomic mass is 15.2. The Morgan fingerprint density at radius 2 is 1.71 bits per heavy atom. The second kappa shape index (κ2) is 9.60. The van der Waals surface area contributed by atoms with E-state index in [-0.39, 0.29) is 0 Å². The van der Waals surface area contributed by atoms with E-state index in [0.717, 1.165) is 31.9 Å². The number of anilines is 1. The number of nitrogens with one attached hydrogen (secondary N) is 2. The van der Waals surface area contributed by atoms with Crippen molar-refractivity contribution in [3.8, 4) is 0 Å². The molecule has 0 aromatic heterocycles. The van der Waals surface area contributed by atoms with Gasteiger partial charge in [-0.05, 0) is 36.1 Å². The normalized spacial score (nSPS) is 11.2. The van der Waals surface area contributed by atoms with Crippen LogP contribution in [0.2, 0.25) is 0 Å². The lowest BCUT2D eigenvalue weighted by molar-refractivity contribution is 0.742. The molecule has 4 nitrogen and oxygen atoms in total. The summed E-state index contributed by atoms with van der Waals surface area (Å²) in [5.74, 6) is 0.846. The van der Waals surface area contributed by atoms with E-state index in [1.807, 2.05) is 7.05 Å². The minimum atomic E-state index is 0.764. The number of aliphatic imine (C=N–C) groups is 1. The van der Waals surface area contributed by atoms with Crippen molar-refractivity contribution in [2.24, 2.45) is 4.99 Å². The molecule has 24 heavy (non-hydrogen) atoms. The van der Waals surface area contributed by atoms with Gasteiger partial charge >= 0.3 is 0 Å². The van der Waals surface area contributed by atoms with E-state index in [9.17, 15) is 0 Å². The van der Waals surface area contributed by atoms with Crippen LogP contribution in [0.3, 0.4) is 0 Å². The molecule has 0 bridgehead atoms. The molecule has 0 amide bonds. The number of guanidine groups is 1. The third-order valence-corrected chi connectivity index (χ3v) is 3.89. The quantitative estimate of drug-likeness (QED) is 0.467. The Labute approximate surface area is 145 Å². The first-order valence-electron chi connectivity index (χ1n) is 8.44. The Hall–Kier alpha value is -2.49. The van der Waals surface area contributed by atoms with Crippen molar-refractivity contribution in [3.05, 3.63) is 65.7 Å². The van der Waals surface area contributed by atoms with Gasteiger partial charge in [-0.3, -0.25) is 4.99 Å². The first-order chi connectivity index (χ1) is 11.7. The summed E-state index contributed by atoms with van der Waals surface area (Å²) < 4.78 is 0. The molecule has 0 radical (unpaired) electrons. The van der Waals surface area contributed by atoms with Crippen molar-refractivity contribution in [1.82, 2.24) is 10.6 Å². The van der Waals surface area contributed by atoms with E-state index in [1.165, 1.54) is 16.8 Å². The number of hydrogen-bond acceptors (Lipinski definition) is 2. The van der Waals surface area contributed by atoms with Crippen LogP contribution in [0.4, 0.5) is 5.69 Å². The maximum absolute atomic E-state index is 4.29. The van der Waals surface area contributed by atoms with Crippen molar-refractivity contribution in [3.63, 3.8) is 0 Å². The molecule has 0 aliphatic carbocycles. The van der Waals surface area contributed by atoms with Crippen LogP contribution < -0.4 is 15.5 Å². The third kappa shape index (κ3) is 5.95. The van der Waals surface area contributed by atoms with E-state index in [0.29, 0.717) is 0 Å². The smallest absolute Gasteiger partial charge is 0.191 e. The maximum Gasteiger partial charge on any atom is 0.191 e. The molecule has 2 aromatic carbocycles. The number of hydrogen-bond donors (Lipinski definition) is 2. The van der Waals surface area contributed by atoms with Gasteiger partial charge in [0.05, 0.1) is 0 Å². The average Bonchev–Trinajstić information content (AvgIpc) is 2.62. The van der Waals surface area contributed by atoms with E-state index >= 15 is 0 Å². The minimum absolute atomic E-state index is 0.764. The zero-order valence-electron chi connectivity index (χ0n) is 14.9. The van der Waals surface area contributed by atoms with Gasteiger partial charge in [-0.2, -0.15) is 0 Å². The number of benzene rings is 2. The molecule has 0 aliphatic rings. The second-order valence-corrected chi connectivity index (χ2v) is 6.01. The van der Waals surface area contributed by atoms with Crippen molar-refractivity contribution < 1.29 is 0 Å². The van der Waals surface area contributed by atoms with Gasteiger partial charge in [0.15, 0.2) is 5.96 Å². The predicted molar refractivity (Wildman–Crippen MR) is 104 cm³/mol. The lowest BCUT2D eigenvalue weighted by Crippen LogP contribution is -2.37. The largest absolute Gasteiger partial charge is 0.378 e. The highest BCUT2D eigenvalue weighted by Gasteiger charge is 2.01. The summed E-state index contributed by atoms with van der Waals surface area (Å²) in [7, 11) is 5.92. The van der Waals surface area contributed by atoms with Gasteiger partial charge in [0.2, 0.25) is 0 Å². The van der Waals surface area contributed by atoms with Crippen LogP contribution in [0.1, 0.15) is 17.5 Å². The number of aryl methyl sites for hydroxylation is 1. The van der Waals surface area contributed by atoms with Crippen molar-refractivity contribution >= 4 is 11.6 Å². The number of rotatable bonds is 7. The summed E-state index contributed by atoms with van der Waals surface area (Å²) in [5.41, 5.74) is 3.83. The predicted octanol–water partition coefficient (Wildman–Crippen LogP) is 3.05. The van der Waals surface area contributed by atoms with E-state index in [2.05, 4.69) is 89.2 Å². The molecule has 0 fully saturated rings. The van der Waals surface area contributed by atoms with Gasteiger partial charge in [0.25, 0.3) is 0 Å². The fourth-order valence-electron chi connectivity index (χ4n) is 2.49. The molecule has 128 valence electrons. The Kier molecular flexibility index (Phi) is 7.15. The molecule has 0 spiro atoms. The fourth-order valence-corrected chi connectivity index (χ4v) is 2.49. The first-order valence-corrected chi connectivity index (χ1v) is 8.44. The SMILES string of the molecule is CN=C(NCCCc1ccccc1)NCc1cccc(N(C)C)c1. The highest BCUT2D eigenvalue weighted by molar-refractivity contribution is 5.79. The Morgan fingerprint density at radius 1 is 0.958 bits per heavy atom. The van der Waals surface area contributed by atoms with Crippen LogP contribution in [0.25, 0.3) is 0 Å². The van der Waals surface area contributed by atoms with Gasteiger partial charge in [0, 0.05) is 39.9 Å². The van der Waals surface area contributed by atoms with Gasteiger partial charge in [-0.1, -0.05) is 42.5 Å². The highest BCUT2D eigenvalue weighted by Crippen LogP contribution is 2.13. The van der Waals surface area contributed by atoms with Crippen LogP contribution in [0.5, 0.6) is 0 Å². The summed E-state index contributed by atoms with van der Waals surface area (Å²) in [4.78, 5) is 6.40. The van der Waals surface area contributed by atoms with Crippen LogP contribution >= 0.6 is 0 Å². The van der Waals surface area contributed by atoms with Crippen molar-refractivity contribution in [2.75, 3.05) is 32.6 Å².